The first-order chi connectivity index (χ1) is 13.8. The van der Waals surface area contributed by atoms with Gasteiger partial charge in [0.2, 0.25) is 10.0 Å². The predicted octanol–water partition coefficient (Wildman–Crippen LogP) is 2.98. The summed E-state index contributed by atoms with van der Waals surface area (Å²) < 4.78 is 32.0. The molecule has 154 valence electrons. The third-order valence-corrected chi connectivity index (χ3v) is 6.84. The van der Waals surface area contributed by atoms with Crippen molar-refractivity contribution in [2.75, 3.05) is 18.5 Å². The fourth-order valence-corrected chi connectivity index (χ4v) is 4.91. The molecule has 9 heteroatoms. The second-order valence-corrected chi connectivity index (χ2v) is 9.03. The Labute approximate surface area is 174 Å². The summed E-state index contributed by atoms with van der Waals surface area (Å²) in [6.07, 6.45) is 0.868. The summed E-state index contributed by atoms with van der Waals surface area (Å²) in [5, 5.41) is 3.09. The highest BCUT2D eigenvalue weighted by Gasteiger charge is 2.40. The Bertz CT molecular complexity index is 1010. The maximum atomic E-state index is 12.9. The minimum absolute atomic E-state index is 0.0545. The standard InChI is InChI=1S/C20H21ClN2O5S/c1-14-5-2-3-6-17(14)22-19(24)13-28-20(25)18-7-4-12-23(18)29(26,27)16-10-8-15(21)9-11-16/h2-3,5-6,8-11,18H,4,7,12-13H2,1H3,(H,22,24). The van der Waals surface area contributed by atoms with Crippen molar-refractivity contribution in [2.24, 2.45) is 0 Å². The van der Waals surface area contributed by atoms with E-state index < -0.39 is 34.5 Å². The van der Waals surface area contributed by atoms with E-state index in [2.05, 4.69) is 5.32 Å². The van der Waals surface area contributed by atoms with Crippen molar-refractivity contribution in [3.63, 3.8) is 0 Å². The predicted molar refractivity (Wildman–Crippen MR) is 109 cm³/mol. The molecule has 0 radical (unpaired) electrons. The van der Waals surface area contributed by atoms with Crippen molar-refractivity contribution in [1.82, 2.24) is 4.31 Å². The molecule has 0 aromatic heterocycles. The van der Waals surface area contributed by atoms with E-state index in [1.165, 1.54) is 24.3 Å². The molecule has 1 N–H and O–H groups in total. The number of carbonyl (C=O) groups excluding carboxylic acids is 2. The number of amides is 1. The van der Waals surface area contributed by atoms with E-state index in [1.807, 2.05) is 19.1 Å². The van der Waals surface area contributed by atoms with Gasteiger partial charge in [0.1, 0.15) is 6.04 Å². The van der Waals surface area contributed by atoms with E-state index in [0.717, 1.165) is 9.87 Å². The van der Waals surface area contributed by atoms with Crippen molar-refractivity contribution in [1.29, 1.82) is 0 Å². The Morgan fingerprint density at radius 2 is 1.86 bits per heavy atom. The molecule has 1 atom stereocenters. The zero-order valence-corrected chi connectivity index (χ0v) is 17.4. The number of halogens is 1. The van der Waals surface area contributed by atoms with Crippen LogP contribution in [0.3, 0.4) is 0 Å². The van der Waals surface area contributed by atoms with Crippen LogP contribution >= 0.6 is 11.6 Å². The number of aryl methyl sites for hydroxylation is 1. The van der Waals surface area contributed by atoms with Crippen molar-refractivity contribution in [3.05, 3.63) is 59.1 Å². The van der Waals surface area contributed by atoms with E-state index in [0.29, 0.717) is 23.6 Å². The average molecular weight is 437 g/mol. The van der Waals surface area contributed by atoms with Gasteiger partial charge in [-0.2, -0.15) is 4.31 Å². The van der Waals surface area contributed by atoms with E-state index in [-0.39, 0.29) is 11.4 Å². The molecule has 0 saturated carbocycles. The lowest BCUT2D eigenvalue weighted by Gasteiger charge is -2.22. The van der Waals surface area contributed by atoms with Crippen molar-refractivity contribution in [2.45, 2.75) is 30.7 Å². The lowest BCUT2D eigenvalue weighted by atomic mass is 10.2. The number of hydrogen-bond acceptors (Lipinski definition) is 5. The molecule has 1 saturated heterocycles. The highest BCUT2D eigenvalue weighted by atomic mass is 35.5. The first-order valence-electron chi connectivity index (χ1n) is 9.08. The van der Waals surface area contributed by atoms with Crippen molar-refractivity contribution in [3.8, 4) is 0 Å². The van der Waals surface area contributed by atoms with Crippen LogP contribution in [-0.2, 0) is 24.3 Å². The van der Waals surface area contributed by atoms with Crippen LogP contribution in [0.1, 0.15) is 18.4 Å². The number of hydrogen-bond donors (Lipinski definition) is 1. The Kier molecular flexibility index (Phi) is 6.56. The fourth-order valence-electron chi connectivity index (χ4n) is 3.14. The summed E-state index contributed by atoms with van der Waals surface area (Å²) >= 11 is 5.82. The molecule has 2 aromatic rings. The lowest BCUT2D eigenvalue weighted by Crippen LogP contribution is -2.42. The summed E-state index contributed by atoms with van der Waals surface area (Å²) in [7, 11) is -3.87. The molecule has 2 aromatic carbocycles. The molecule has 3 rings (SSSR count). The molecule has 1 fully saturated rings. The van der Waals surface area contributed by atoms with Gasteiger partial charge >= 0.3 is 5.97 Å². The van der Waals surface area contributed by atoms with Gasteiger partial charge in [-0.3, -0.25) is 9.59 Å². The molecule has 1 heterocycles. The van der Waals surface area contributed by atoms with Gasteiger partial charge in [-0.05, 0) is 55.7 Å². The van der Waals surface area contributed by atoms with Gasteiger partial charge in [0.05, 0.1) is 4.90 Å². The monoisotopic (exact) mass is 436 g/mol. The van der Waals surface area contributed by atoms with Crippen LogP contribution in [0.5, 0.6) is 0 Å². The number of para-hydroxylation sites is 1. The van der Waals surface area contributed by atoms with Crippen LogP contribution in [-0.4, -0.2) is 43.8 Å². The van der Waals surface area contributed by atoms with Gasteiger partial charge in [-0.1, -0.05) is 29.8 Å². The van der Waals surface area contributed by atoms with Gasteiger partial charge in [0.15, 0.2) is 6.61 Å². The van der Waals surface area contributed by atoms with Gasteiger partial charge in [-0.25, -0.2) is 8.42 Å². The number of nitrogens with one attached hydrogen (secondary N) is 1. The maximum absolute atomic E-state index is 12.9. The molecular formula is C20H21ClN2O5S. The molecule has 1 unspecified atom stereocenters. The molecule has 1 aliphatic heterocycles. The topological polar surface area (TPSA) is 92.8 Å². The van der Waals surface area contributed by atoms with Crippen LogP contribution in [0.15, 0.2) is 53.4 Å². The quantitative estimate of drug-likeness (QED) is 0.702. The third kappa shape index (κ3) is 4.95. The van der Waals surface area contributed by atoms with Gasteiger partial charge in [0, 0.05) is 17.3 Å². The average Bonchev–Trinajstić information content (AvgIpc) is 3.19. The first-order valence-corrected chi connectivity index (χ1v) is 10.9. The van der Waals surface area contributed by atoms with Gasteiger partial charge in [0.25, 0.3) is 5.91 Å². The first kappa shape index (κ1) is 21.3. The smallest absolute Gasteiger partial charge is 0.324 e. The zero-order valence-electron chi connectivity index (χ0n) is 15.8. The number of benzene rings is 2. The molecular weight excluding hydrogens is 416 g/mol. The summed E-state index contributed by atoms with van der Waals surface area (Å²) in [6, 6.07) is 12.0. The maximum Gasteiger partial charge on any atom is 0.324 e. The summed E-state index contributed by atoms with van der Waals surface area (Å²) in [6.45, 7) is 1.57. The molecule has 1 amide bonds. The summed E-state index contributed by atoms with van der Waals surface area (Å²) in [5.41, 5.74) is 1.50. The summed E-state index contributed by atoms with van der Waals surface area (Å²) in [4.78, 5) is 24.6. The number of nitrogens with zero attached hydrogens (tertiary/aromatic N) is 1. The van der Waals surface area contributed by atoms with Crippen LogP contribution in [0, 0.1) is 6.92 Å². The second kappa shape index (κ2) is 8.94. The number of anilines is 1. The highest BCUT2D eigenvalue weighted by Crippen LogP contribution is 2.27. The number of esters is 1. The zero-order chi connectivity index (χ0) is 21.0. The Balaban J connectivity index is 1.63. The van der Waals surface area contributed by atoms with E-state index in [9.17, 15) is 18.0 Å². The van der Waals surface area contributed by atoms with E-state index in [4.69, 9.17) is 16.3 Å². The SMILES string of the molecule is Cc1ccccc1NC(=O)COC(=O)C1CCCN1S(=O)(=O)c1ccc(Cl)cc1. The van der Waals surface area contributed by atoms with Crippen LogP contribution < -0.4 is 5.32 Å². The number of rotatable bonds is 6. The number of sulfonamides is 1. The minimum atomic E-state index is -3.87. The second-order valence-electron chi connectivity index (χ2n) is 6.70. The minimum Gasteiger partial charge on any atom is -0.454 e. The highest BCUT2D eigenvalue weighted by molar-refractivity contribution is 7.89. The molecule has 0 spiro atoms. The number of carbonyl (C=O) groups is 2. The Morgan fingerprint density at radius 1 is 1.17 bits per heavy atom. The van der Waals surface area contributed by atoms with E-state index in [1.54, 1.807) is 12.1 Å². The van der Waals surface area contributed by atoms with Crippen LogP contribution in [0.2, 0.25) is 5.02 Å². The molecule has 0 aliphatic carbocycles. The molecule has 29 heavy (non-hydrogen) atoms. The Morgan fingerprint density at radius 3 is 2.55 bits per heavy atom. The molecule has 7 nitrogen and oxygen atoms in total. The normalized spacial score (nSPS) is 17.1. The van der Waals surface area contributed by atoms with Gasteiger partial charge < -0.3 is 10.1 Å². The van der Waals surface area contributed by atoms with Crippen LogP contribution in [0.4, 0.5) is 5.69 Å². The summed E-state index contributed by atoms with van der Waals surface area (Å²) in [5.74, 6) is -1.22. The van der Waals surface area contributed by atoms with Crippen molar-refractivity contribution < 1.29 is 22.7 Å². The largest absolute Gasteiger partial charge is 0.454 e. The molecule has 1 aliphatic rings. The van der Waals surface area contributed by atoms with Crippen LogP contribution in [0.25, 0.3) is 0 Å². The van der Waals surface area contributed by atoms with E-state index >= 15 is 0 Å². The third-order valence-electron chi connectivity index (χ3n) is 4.66. The number of ether oxygens (including phenoxy) is 1. The molecule has 0 bridgehead atoms. The fraction of sp³-hybridized carbons (Fsp3) is 0.300. The van der Waals surface area contributed by atoms with Gasteiger partial charge in [-0.15, -0.1) is 0 Å². The lowest BCUT2D eigenvalue weighted by molar-refractivity contribution is -0.150. The Hall–Kier alpha value is -2.42. The van der Waals surface area contributed by atoms with Crippen molar-refractivity contribution >= 4 is 39.2 Å².